The normalized spacial score (nSPS) is 11.7. The molecular formula is C69H59F3N10O7S. The highest BCUT2D eigenvalue weighted by Gasteiger charge is 2.36. The molecule has 0 saturated heterocycles. The number of Topliss-reactive ketones (excluding diaryl/α,β-unsaturated/α-hetero) is 1. The maximum Gasteiger partial charge on any atom is 0.417 e. The van der Waals surface area contributed by atoms with Gasteiger partial charge in [0.1, 0.15) is 29.0 Å². The van der Waals surface area contributed by atoms with Crippen molar-refractivity contribution in [3.8, 4) is 17.1 Å². The van der Waals surface area contributed by atoms with Crippen LogP contribution in [0.4, 0.5) is 53.5 Å². The minimum Gasteiger partial charge on any atom is -0.387 e. The number of alkyl halides is 3. The Bertz CT molecular complexity index is 4910. The van der Waals surface area contributed by atoms with Crippen molar-refractivity contribution < 1.29 is 31.5 Å². The van der Waals surface area contributed by atoms with E-state index in [-0.39, 0.29) is 28.1 Å². The number of benzene rings is 6. The molecule has 6 heterocycles. The highest BCUT2D eigenvalue weighted by atomic mass is 32.2. The summed E-state index contributed by atoms with van der Waals surface area (Å²) in [7, 11) is -3.94. The average Bonchev–Trinajstić information content (AvgIpc) is 0.772. The molecule has 0 radical (unpaired) electrons. The number of nitrogens with zero attached hydrogens (tertiary/aromatic N) is 6. The Kier molecular flexibility index (Phi) is 18.3. The van der Waals surface area contributed by atoms with Gasteiger partial charge in [0, 0.05) is 59.2 Å². The Labute approximate surface area is 514 Å². The highest BCUT2D eigenvalue weighted by Crippen LogP contribution is 2.37. The number of anilines is 7. The molecule has 12 aromatic rings. The lowest BCUT2D eigenvalue weighted by Crippen LogP contribution is -2.20. The highest BCUT2D eigenvalue weighted by molar-refractivity contribution is 7.92. The van der Waals surface area contributed by atoms with Gasteiger partial charge in [-0.2, -0.15) is 13.2 Å². The number of hydrogen-bond donors (Lipinski definition) is 5. The number of aliphatic hydroxyl groups is 1. The maximum absolute atomic E-state index is 13.9. The number of hydrogen-bond acceptors (Lipinski definition) is 13. The number of halogens is 3. The molecule has 0 saturated carbocycles. The van der Waals surface area contributed by atoms with Gasteiger partial charge in [0.05, 0.1) is 39.8 Å². The molecule has 21 heteroatoms. The van der Waals surface area contributed by atoms with Crippen LogP contribution in [-0.4, -0.2) is 54.2 Å². The number of nitrogens with one attached hydrogen (secondary N) is 4. The minimum absolute atomic E-state index is 0.104. The fourth-order valence-corrected chi connectivity index (χ4v) is 10.6. The van der Waals surface area contributed by atoms with Gasteiger partial charge in [-0.1, -0.05) is 116 Å². The van der Waals surface area contributed by atoms with E-state index >= 15 is 0 Å². The SMILES string of the molecule is CC(=O)c1cc(C)c2c(=O)cc(Nc3ccccc3)n(-c3ccccc3)c2n1.CCC(O)c1cc(C)c2c(=O)cc(Nc3ccccc3)n(-c3ccccc3)c2n1.CS(=O)(=O)Nc1cc(C(F)(F)F)c2c(=O)cc(Nc3ccccc3)n(-c3ccccc3)c2n1. The molecule has 0 fully saturated rings. The van der Waals surface area contributed by atoms with Crippen molar-refractivity contribution in [3.63, 3.8) is 0 Å². The second-order valence-corrected chi connectivity index (χ2v) is 22.6. The van der Waals surface area contributed by atoms with E-state index in [0.717, 1.165) is 46.2 Å². The molecule has 1 atom stereocenters. The van der Waals surface area contributed by atoms with Gasteiger partial charge in [0.25, 0.3) is 0 Å². The fourth-order valence-electron chi connectivity index (χ4n) is 10.2. The smallest absolute Gasteiger partial charge is 0.387 e. The lowest BCUT2D eigenvalue weighted by atomic mass is 10.1. The van der Waals surface area contributed by atoms with Crippen LogP contribution in [0, 0.1) is 13.8 Å². The van der Waals surface area contributed by atoms with Crippen molar-refractivity contribution in [2.75, 3.05) is 26.9 Å². The van der Waals surface area contributed by atoms with Crippen LogP contribution in [0.15, 0.2) is 233 Å². The molecular weight excluding hydrogens is 1170 g/mol. The minimum atomic E-state index is -4.93. The third-order valence-electron chi connectivity index (χ3n) is 14.2. The third-order valence-corrected chi connectivity index (χ3v) is 14.8. The zero-order valence-corrected chi connectivity index (χ0v) is 50.0. The first-order chi connectivity index (χ1) is 43.1. The van der Waals surface area contributed by atoms with Crippen LogP contribution in [-0.2, 0) is 16.2 Å². The van der Waals surface area contributed by atoms with Crippen molar-refractivity contribution in [2.24, 2.45) is 0 Å². The van der Waals surface area contributed by atoms with E-state index in [1.807, 2.05) is 156 Å². The quantitative estimate of drug-likeness (QED) is 0.0640. The lowest BCUT2D eigenvalue weighted by molar-refractivity contribution is -0.136. The molecule has 5 N–H and O–H groups in total. The largest absolute Gasteiger partial charge is 0.417 e. The first-order valence-electron chi connectivity index (χ1n) is 28.3. The summed E-state index contributed by atoms with van der Waals surface area (Å²) in [6, 6.07) is 64.1. The van der Waals surface area contributed by atoms with E-state index in [0.29, 0.717) is 69.0 Å². The van der Waals surface area contributed by atoms with Crippen LogP contribution in [0.3, 0.4) is 0 Å². The lowest BCUT2D eigenvalue weighted by Gasteiger charge is -2.20. The Balaban J connectivity index is 0.000000149. The summed E-state index contributed by atoms with van der Waals surface area (Å²) in [6.45, 7) is 7.10. The van der Waals surface area contributed by atoms with Crippen molar-refractivity contribution >= 4 is 89.2 Å². The van der Waals surface area contributed by atoms with Gasteiger partial charge in [-0.25, -0.2) is 23.4 Å². The van der Waals surface area contributed by atoms with Gasteiger partial charge >= 0.3 is 6.18 Å². The molecule has 12 rings (SSSR count). The molecule has 6 aromatic heterocycles. The molecule has 454 valence electrons. The second kappa shape index (κ2) is 26.5. The van der Waals surface area contributed by atoms with Gasteiger partial charge < -0.3 is 21.1 Å². The average molecular weight is 1230 g/mol. The van der Waals surface area contributed by atoms with Gasteiger partial charge in [-0.05, 0) is 122 Å². The molecule has 0 spiro atoms. The van der Waals surface area contributed by atoms with Gasteiger partial charge in [-0.3, -0.25) is 37.6 Å². The van der Waals surface area contributed by atoms with Crippen molar-refractivity contribution in [2.45, 2.75) is 46.4 Å². The first-order valence-corrected chi connectivity index (χ1v) is 30.2. The van der Waals surface area contributed by atoms with Crippen LogP contribution in [0.25, 0.3) is 50.2 Å². The van der Waals surface area contributed by atoms with E-state index in [4.69, 9.17) is 4.98 Å². The summed E-state index contributed by atoms with van der Waals surface area (Å²) in [5.74, 6) is 0.663. The molecule has 17 nitrogen and oxygen atoms in total. The molecule has 0 bridgehead atoms. The van der Waals surface area contributed by atoms with E-state index in [1.165, 1.54) is 11.5 Å². The zero-order chi connectivity index (χ0) is 63.9. The standard InChI is InChI=1S/C24H23N3O2.C23H19N3O2.C22H17F3N4O3S/c1-3-20(28)19-14-16(2)23-21(29)15-22(25-17-10-6-4-7-11-17)27(24(23)26-19)18-12-8-5-9-13-18;1-15-13-19(16(2)27)25-23-22(15)20(28)14-21(24-17-9-5-3-6-10-17)26(23)18-11-7-4-8-12-18;1-33(31,32)28-18-12-16(22(23,24)25)20-17(30)13-19(26-14-8-4-2-5-9-14)29(21(20)27-18)15-10-6-3-7-11-15/h4-15,20,25,28H,3H2,1-2H3;3-14,24H,1-2H3;2-13,26H,1H3,(H,27,28). The molecule has 0 aliphatic heterocycles. The summed E-state index contributed by atoms with van der Waals surface area (Å²) in [5, 5.41) is 20.5. The van der Waals surface area contributed by atoms with Crippen molar-refractivity contribution in [1.29, 1.82) is 0 Å². The van der Waals surface area contributed by atoms with Gasteiger partial charge in [0.2, 0.25) is 10.0 Å². The second-order valence-electron chi connectivity index (χ2n) is 20.9. The van der Waals surface area contributed by atoms with Gasteiger partial charge in [0.15, 0.2) is 39.0 Å². The number of aryl methyl sites for hydroxylation is 2. The number of aromatic nitrogens is 6. The number of carbonyl (C=O) groups is 1. The Morgan fingerprint density at radius 1 is 0.511 bits per heavy atom. The van der Waals surface area contributed by atoms with Crippen LogP contribution in [0.5, 0.6) is 0 Å². The van der Waals surface area contributed by atoms with Crippen LogP contribution in [0.2, 0.25) is 0 Å². The predicted molar refractivity (Wildman–Crippen MR) is 349 cm³/mol. The maximum atomic E-state index is 13.9. The topological polar surface area (TPSA) is 224 Å². The fraction of sp³-hybridized carbons (Fsp3) is 0.116. The number of sulfonamides is 1. The number of carbonyl (C=O) groups excluding carboxylic acids is 1. The number of pyridine rings is 6. The first kappa shape index (κ1) is 62.0. The van der Waals surface area contributed by atoms with Gasteiger partial charge in [-0.15, -0.1) is 0 Å². The van der Waals surface area contributed by atoms with E-state index in [2.05, 4.69) is 25.9 Å². The zero-order valence-electron chi connectivity index (χ0n) is 49.2. The summed E-state index contributed by atoms with van der Waals surface area (Å²) in [6.07, 6.45) is -4.26. The van der Waals surface area contributed by atoms with Crippen LogP contribution >= 0.6 is 0 Å². The Hall–Kier alpha value is -11.0. The van der Waals surface area contributed by atoms with Crippen LogP contribution in [0.1, 0.15) is 59.2 Å². The van der Waals surface area contributed by atoms with Crippen molar-refractivity contribution in [3.05, 3.63) is 277 Å². The molecule has 0 aliphatic carbocycles. The molecule has 6 aromatic carbocycles. The Morgan fingerprint density at radius 3 is 1.21 bits per heavy atom. The molecule has 90 heavy (non-hydrogen) atoms. The summed E-state index contributed by atoms with van der Waals surface area (Å²) in [4.78, 5) is 64.2. The van der Waals surface area contributed by atoms with E-state index in [1.54, 1.807) is 84.9 Å². The molecule has 1 unspecified atom stereocenters. The summed E-state index contributed by atoms with van der Waals surface area (Å²) >= 11 is 0. The van der Waals surface area contributed by atoms with E-state index < -0.39 is 44.5 Å². The van der Waals surface area contributed by atoms with Crippen molar-refractivity contribution in [1.82, 2.24) is 28.7 Å². The Morgan fingerprint density at radius 2 is 0.856 bits per heavy atom. The molecule has 0 aliphatic rings. The number of fused-ring (bicyclic) bond motifs is 3. The number of aliphatic hydroxyl groups excluding tert-OH is 1. The van der Waals surface area contributed by atoms with E-state index in [9.17, 15) is 45.9 Å². The third kappa shape index (κ3) is 14.0. The number of ketones is 1. The molecule has 0 amide bonds. The number of rotatable bonds is 14. The summed E-state index contributed by atoms with van der Waals surface area (Å²) in [5.41, 5.74) is 5.08. The monoisotopic (exact) mass is 1230 g/mol. The van der Waals surface area contributed by atoms with Crippen LogP contribution < -0.4 is 37.0 Å². The predicted octanol–water partition coefficient (Wildman–Crippen LogP) is 14.0. The number of para-hydroxylation sites is 6. The summed E-state index contributed by atoms with van der Waals surface area (Å²) < 4.78 is 72.3.